The van der Waals surface area contributed by atoms with Gasteiger partial charge in [-0.3, -0.25) is 4.79 Å². The third-order valence-electron chi connectivity index (χ3n) is 2.95. The standard InChI is InChI=1S/C14H25N3O2/c1-4-7-15-12(2)13-6-5-9-17(13)11-14(18)16-8-10-19-3/h5-6,9,12,15H,4,7-8,10-11H2,1-3H3,(H,16,18). The third kappa shape index (κ3) is 5.44. The maximum absolute atomic E-state index is 11.8. The smallest absolute Gasteiger partial charge is 0.240 e. The Bertz CT molecular complexity index is 377. The SMILES string of the molecule is CCCNC(C)c1cccn1CC(=O)NCCOC. The summed E-state index contributed by atoms with van der Waals surface area (Å²) in [6.07, 6.45) is 3.04. The summed E-state index contributed by atoms with van der Waals surface area (Å²) in [5, 5.41) is 6.25. The van der Waals surface area contributed by atoms with Crippen LogP contribution in [-0.4, -0.2) is 37.3 Å². The molecule has 19 heavy (non-hydrogen) atoms. The number of nitrogens with zero attached hydrogens (tertiary/aromatic N) is 1. The molecule has 1 amide bonds. The van der Waals surface area contributed by atoms with Gasteiger partial charge in [-0.15, -0.1) is 0 Å². The lowest BCUT2D eigenvalue weighted by atomic mass is 10.2. The molecule has 1 unspecified atom stereocenters. The van der Waals surface area contributed by atoms with Crippen molar-refractivity contribution in [2.24, 2.45) is 0 Å². The number of rotatable bonds is 9. The molecule has 0 aromatic carbocycles. The van der Waals surface area contributed by atoms with E-state index >= 15 is 0 Å². The Morgan fingerprint density at radius 3 is 2.95 bits per heavy atom. The second-order valence-corrected chi connectivity index (χ2v) is 4.58. The first-order chi connectivity index (χ1) is 9.19. The van der Waals surface area contributed by atoms with Crippen molar-refractivity contribution in [1.82, 2.24) is 15.2 Å². The topological polar surface area (TPSA) is 55.3 Å². The second-order valence-electron chi connectivity index (χ2n) is 4.58. The molecule has 0 bridgehead atoms. The number of aromatic nitrogens is 1. The molecule has 0 saturated heterocycles. The van der Waals surface area contributed by atoms with Crippen LogP contribution < -0.4 is 10.6 Å². The molecule has 0 radical (unpaired) electrons. The summed E-state index contributed by atoms with van der Waals surface area (Å²) >= 11 is 0. The molecule has 1 atom stereocenters. The number of carbonyl (C=O) groups is 1. The molecule has 0 aliphatic rings. The Balaban J connectivity index is 2.49. The van der Waals surface area contributed by atoms with Crippen molar-refractivity contribution >= 4 is 5.91 Å². The molecule has 0 fully saturated rings. The molecule has 5 nitrogen and oxygen atoms in total. The molecular formula is C14H25N3O2. The van der Waals surface area contributed by atoms with E-state index < -0.39 is 0 Å². The molecule has 1 aromatic rings. The maximum atomic E-state index is 11.8. The zero-order valence-electron chi connectivity index (χ0n) is 12.1. The van der Waals surface area contributed by atoms with Gasteiger partial charge in [-0.25, -0.2) is 0 Å². The summed E-state index contributed by atoms with van der Waals surface area (Å²) < 4.78 is 6.88. The summed E-state index contributed by atoms with van der Waals surface area (Å²) in [5.41, 5.74) is 1.13. The molecule has 0 aliphatic heterocycles. The molecule has 5 heteroatoms. The fourth-order valence-corrected chi connectivity index (χ4v) is 1.93. The van der Waals surface area contributed by atoms with E-state index in [2.05, 4.69) is 30.5 Å². The van der Waals surface area contributed by atoms with Crippen LogP contribution in [0.25, 0.3) is 0 Å². The van der Waals surface area contributed by atoms with Crippen LogP contribution in [-0.2, 0) is 16.1 Å². The Hall–Kier alpha value is -1.33. The van der Waals surface area contributed by atoms with Gasteiger partial charge in [0.25, 0.3) is 0 Å². The second kappa shape index (κ2) is 8.72. The third-order valence-corrected chi connectivity index (χ3v) is 2.95. The van der Waals surface area contributed by atoms with E-state index in [4.69, 9.17) is 4.74 Å². The first-order valence-corrected chi connectivity index (χ1v) is 6.83. The highest BCUT2D eigenvalue weighted by Crippen LogP contribution is 2.13. The predicted molar refractivity (Wildman–Crippen MR) is 76.0 cm³/mol. The lowest BCUT2D eigenvalue weighted by molar-refractivity contribution is -0.121. The van der Waals surface area contributed by atoms with Crippen molar-refractivity contribution < 1.29 is 9.53 Å². The number of ether oxygens (including phenoxy) is 1. The molecule has 1 aromatic heterocycles. The zero-order chi connectivity index (χ0) is 14.1. The summed E-state index contributed by atoms with van der Waals surface area (Å²) in [5.74, 6) is 0.0113. The van der Waals surface area contributed by atoms with Crippen LogP contribution in [0, 0.1) is 0 Å². The van der Waals surface area contributed by atoms with E-state index in [1.165, 1.54) is 0 Å². The lowest BCUT2D eigenvalue weighted by Crippen LogP contribution is -2.31. The van der Waals surface area contributed by atoms with Crippen molar-refractivity contribution in [2.45, 2.75) is 32.9 Å². The van der Waals surface area contributed by atoms with Crippen LogP contribution in [0.5, 0.6) is 0 Å². The van der Waals surface area contributed by atoms with E-state index in [0.29, 0.717) is 19.7 Å². The van der Waals surface area contributed by atoms with E-state index in [0.717, 1.165) is 18.7 Å². The van der Waals surface area contributed by atoms with E-state index in [-0.39, 0.29) is 11.9 Å². The van der Waals surface area contributed by atoms with Crippen molar-refractivity contribution in [2.75, 3.05) is 26.8 Å². The average molecular weight is 267 g/mol. The van der Waals surface area contributed by atoms with Crippen molar-refractivity contribution in [3.63, 3.8) is 0 Å². The number of amides is 1. The molecule has 0 saturated carbocycles. The quantitative estimate of drug-likeness (QED) is 0.663. The monoisotopic (exact) mass is 267 g/mol. The minimum absolute atomic E-state index is 0.0113. The Morgan fingerprint density at radius 2 is 2.26 bits per heavy atom. The minimum Gasteiger partial charge on any atom is -0.383 e. The van der Waals surface area contributed by atoms with Crippen LogP contribution in [0.3, 0.4) is 0 Å². The highest BCUT2D eigenvalue weighted by molar-refractivity contribution is 5.75. The van der Waals surface area contributed by atoms with Crippen LogP contribution in [0.4, 0.5) is 0 Å². The van der Waals surface area contributed by atoms with Gasteiger partial charge in [0.05, 0.1) is 6.61 Å². The largest absolute Gasteiger partial charge is 0.383 e. The van der Waals surface area contributed by atoms with E-state index in [9.17, 15) is 4.79 Å². The Morgan fingerprint density at radius 1 is 1.47 bits per heavy atom. The van der Waals surface area contributed by atoms with Crippen LogP contribution in [0.15, 0.2) is 18.3 Å². The number of methoxy groups -OCH3 is 1. The van der Waals surface area contributed by atoms with Crippen LogP contribution >= 0.6 is 0 Å². The molecule has 2 N–H and O–H groups in total. The molecule has 1 heterocycles. The summed E-state index contributed by atoms with van der Waals surface area (Å²) in [6, 6.07) is 4.28. The van der Waals surface area contributed by atoms with Crippen molar-refractivity contribution in [3.8, 4) is 0 Å². The van der Waals surface area contributed by atoms with Gasteiger partial charge in [0, 0.05) is 31.6 Å². The molecule has 0 aliphatic carbocycles. The average Bonchev–Trinajstić information content (AvgIpc) is 2.84. The zero-order valence-corrected chi connectivity index (χ0v) is 12.1. The van der Waals surface area contributed by atoms with Gasteiger partial charge in [0.2, 0.25) is 5.91 Å². The van der Waals surface area contributed by atoms with Gasteiger partial charge in [-0.1, -0.05) is 6.92 Å². The first kappa shape index (κ1) is 15.7. The minimum atomic E-state index is 0.0113. The fourth-order valence-electron chi connectivity index (χ4n) is 1.93. The number of hydrogen-bond acceptors (Lipinski definition) is 3. The van der Waals surface area contributed by atoms with Gasteiger partial charge < -0.3 is 19.9 Å². The molecule has 108 valence electrons. The summed E-state index contributed by atoms with van der Waals surface area (Å²) in [7, 11) is 1.62. The van der Waals surface area contributed by atoms with Gasteiger partial charge in [0.1, 0.15) is 6.54 Å². The molecule has 1 rings (SSSR count). The summed E-state index contributed by atoms with van der Waals surface area (Å²) in [4.78, 5) is 11.8. The maximum Gasteiger partial charge on any atom is 0.240 e. The van der Waals surface area contributed by atoms with Crippen molar-refractivity contribution in [3.05, 3.63) is 24.0 Å². The van der Waals surface area contributed by atoms with Gasteiger partial charge in [0.15, 0.2) is 0 Å². The normalized spacial score (nSPS) is 12.4. The lowest BCUT2D eigenvalue weighted by Gasteiger charge is -2.16. The summed E-state index contributed by atoms with van der Waals surface area (Å²) in [6.45, 7) is 6.68. The number of nitrogens with one attached hydrogen (secondary N) is 2. The van der Waals surface area contributed by atoms with Gasteiger partial charge >= 0.3 is 0 Å². The Kier molecular flexibility index (Phi) is 7.22. The number of carbonyl (C=O) groups excluding carboxylic acids is 1. The van der Waals surface area contributed by atoms with Crippen molar-refractivity contribution in [1.29, 1.82) is 0 Å². The fraction of sp³-hybridized carbons (Fsp3) is 0.643. The number of hydrogen-bond donors (Lipinski definition) is 2. The predicted octanol–water partition coefficient (Wildman–Crippen LogP) is 1.31. The first-order valence-electron chi connectivity index (χ1n) is 6.83. The van der Waals surface area contributed by atoms with Gasteiger partial charge in [-0.2, -0.15) is 0 Å². The van der Waals surface area contributed by atoms with E-state index in [1.807, 2.05) is 16.8 Å². The van der Waals surface area contributed by atoms with Crippen LogP contribution in [0.2, 0.25) is 0 Å². The molecular weight excluding hydrogens is 242 g/mol. The Labute approximate surface area is 115 Å². The van der Waals surface area contributed by atoms with Crippen LogP contribution in [0.1, 0.15) is 32.0 Å². The van der Waals surface area contributed by atoms with E-state index in [1.54, 1.807) is 7.11 Å². The van der Waals surface area contributed by atoms with Gasteiger partial charge in [-0.05, 0) is 32.0 Å². The highest BCUT2D eigenvalue weighted by Gasteiger charge is 2.11. The highest BCUT2D eigenvalue weighted by atomic mass is 16.5. The molecule has 0 spiro atoms.